The third-order valence-corrected chi connectivity index (χ3v) is 24.5. The average molecular weight is 479 g/mol. The van der Waals surface area contributed by atoms with E-state index >= 15 is 0 Å². The van der Waals surface area contributed by atoms with Crippen LogP contribution in [0.3, 0.4) is 0 Å². The zero-order valence-electron chi connectivity index (χ0n) is 15.7. The molecule has 134 valence electrons. The summed E-state index contributed by atoms with van der Waals surface area (Å²) in [7, 11) is 0. The van der Waals surface area contributed by atoms with E-state index in [4.69, 9.17) is 0 Å². The van der Waals surface area contributed by atoms with Crippen LogP contribution in [0.1, 0.15) is 40.6 Å². The molecule has 0 fully saturated rings. The summed E-state index contributed by atoms with van der Waals surface area (Å²) in [6.45, 7) is 9.54. The van der Waals surface area contributed by atoms with Crippen molar-refractivity contribution in [3.63, 3.8) is 0 Å². The first-order chi connectivity index (χ1) is 11.5. The molecule has 0 bridgehead atoms. The van der Waals surface area contributed by atoms with Gasteiger partial charge in [0, 0.05) is 0 Å². The van der Waals surface area contributed by atoms with Crippen molar-refractivity contribution in [1.82, 2.24) is 0 Å². The minimum absolute atomic E-state index is 0. The number of allylic oxidation sites excluding steroid dienone is 2. The van der Waals surface area contributed by atoms with Crippen LogP contribution in [0.25, 0.3) is 12.2 Å². The van der Waals surface area contributed by atoms with Crippen LogP contribution in [0.15, 0.2) is 48.6 Å². The van der Waals surface area contributed by atoms with Gasteiger partial charge >= 0.3 is 154 Å². The Balaban J connectivity index is 0.00000121. The molecule has 4 rings (SSSR count). The second-order valence-corrected chi connectivity index (χ2v) is 25.5. The van der Waals surface area contributed by atoms with E-state index in [1.54, 1.807) is 11.1 Å². The maximum atomic E-state index is 2.57. The predicted octanol–water partition coefficient (Wildman–Crippen LogP) is 0.0167. The Morgan fingerprint density at radius 1 is 0.731 bits per heavy atom. The molecule has 0 radical (unpaired) electrons. The molecule has 0 nitrogen and oxygen atoms in total. The van der Waals surface area contributed by atoms with Crippen LogP contribution in [-0.4, -0.2) is 5.43 Å². The van der Waals surface area contributed by atoms with Crippen molar-refractivity contribution in [2.24, 2.45) is 0 Å². The van der Waals surface area contributed by atoms with E-state index in [1.807, 2.05) is 0 Å². The Bertz CT molecular complexity index is 854. The molecule has 2 aromatic carbocycles. The first kappa shape index (κ1) is 21.9. The van der Waals surface area contributed by atoms with Crippen LogP contribution in [0.4, 0.5) is 0 Å². The number of rotatable bonds is 2. The molecule has 0 saturated carbocycles. The van der Waals surface area contributed by atoms with Crippen LogP contribution < -0.4 is 24.8 Å². The molecule has 0 aliphatic heterocycles. The van der Waals surface area contributed by atoms with Gasteiger partial charge < -0.3 is 24.8 Å². The number of hydrogen-bond acceptors (Lipinski definition) is 0. The van der Waals surface area contributed by atoms with Gasteiger partial charge in [-0.1, -0.05) is 0 Å². The van der Waals surface area contributed by atoms with Crippen LogP contribution in [-0.2, 0) is 20.4 Å². The Morgan fingerprint density at radius 2 is 1.15 bits per heavy atom. The fourth-order valence-electron chi connectivity index (χ4n) is 4.21. The SMILES string of the molecule is Cc1ccc2c(c1)C=C[CH]2[Zr+2]([CH]1C=Cc2cc(C)ccc21)=[Si](C)C.[Cl-].[Cl-]. The molecule has 0 aromatic heterocycles. The molecule has 2 aliphatic rings. The molecule has 2 aromatic rings. The summed E-state index contributed by atoms with van der Waals surface area (Å²) in [6, 6.07) is 14.2. The molecule has 0 amide bonds. The largest absolute Gasteiger partial charge is 1.00 e. The minimum atomic E-state index is -1.69. The van der Waals surface area contributed by atoms with Gasteiger partial charge in [0.05, 0.1) is 0 Å². The molecule has 2 aliphatic carbocycles. The summed E-state index contributed by atoms with van der Waals surface area (Å²) >= 11 is -1.69. The molecule has 2 unspecified atom stereocenters. The second-order valence-electron chi connectivity index (χ2n) is 7.39. The molecule has 0 heterocycles. The third-order valence-electron chi connectivity index (χ3n) is 5.34. The first-order valence-corrected chi connectivity index (χ1v) is 17.8. The Morgan fingerprint density at radius 3 is 1.54 bits per heavy atom. The fourth-order valence-corrected chi connectivity index (χ4v) is 23.0. The summed E-state index contributed by atoms with van der Waals surface area (Å²) in [5.74, 6) is 0. The number of hydrogen-bond donors (Lipinski definition) is 0. The maximum absolute atomic E-state index is 2.57. The Hall–Kier alpha value is -0.400. The van der Waals surface area contributed by atoms with Crippen molar-refractivity contribution in [3.8, 4) is 0 Å². The topological polar surface area (TPSA) is 0 Å². The van der Waals surface area contributed by atoms with E-state index in [0.29, 0.717) is 0 Å². The van der Waals surface area contributed by atoms with Crippen molar-refractivity contribution in [2.75, 3.05) is 0 Å². The molecule has 2 atom stereocenters. The van der Waals surface area contributed by atoms with Crippen LogP contribution >= 0.6 is 0 Å². The molecule has 0 saturated heterocycles. The number of aryl methyl sites for hydroxylation is 2. The van der Waals surface area contributed by atoms with Gasteiger partial charge in [-0.15, -0.1) is 0 Å². The van der Waals surface area contributed by atoms with E-state index in [1.165, 1.54) is 22.3 Å². The van der Waals surface area contributed by atoms with Crippen LogP contribution in [0.5, 0.6) is 0 Å². The summed E-state index contributed by atoms with van der Waals surface area (Å²) in [5, 5.41) is 0. The van der Waals surface area contributed by atoms with E-state index < -0.39 is 20.4 Å². The van der Waals surface area contributed by atoms with Gasteiger partial charge in [0.1, 0.15) is 0 Å². The average Bonchev–Trinajstić information content (AvgIpc) is 3.12. The van der Waals surface area contributed by atoms with Gasteiger partial charge in [-0.25, -0.2) is 0 Å². The standard InChI is InChI=1S/2C10H9.C2H6Si.2ClH.Zr/c2*1-8-5-6-9-3-2-4-10(9)7-8;1-3-2;;;/h2*2-7H,1H3;1-2H3;2*1H;/q;;;;;+2/p-2. The normalized spacial score (nSPS) is 18.3. The smallest absolute Gasteiger partial charge is 1.00 e. The van der Waals surface area contributed by atoms with Crippen LogP contribution in [0.2, 0.25) is 13.1 Å². The van der Waals surface area contributed by atoms with E-state index in [0.717, 1.165) is 7.25 Å². The summed E-state index contributed by atoms with van der Waals surface area (Å²) in [5.41, 5.74) is 8.71. The van der Waals surface area contributed by atoms with E-state index in [-0.39, 0.29) is 30.2 Å². The zero-order valence-corrected chi connectivity index (χ0v) is 20.7. The summed E-state index contributed by atoms with van der Waals surface area (Å²) in [6.07, 6.45) is 9.90. The van der Waals surface area contributed by atoms with Gasteiger partial charge in [-0.3, -0.25) is 0 Å². The Labute approximate surface area is 177 Å². The van der Waals surface area contributed by atoms with E-state index in [9.17, 15) is 0 Å². The van der Waals surface area contributed by atoms with Crippen molar-refractivity contribution >= 4 is 17.6 Å². The summed E-state index contributed by atoms with van der Waals surface area (Å²) < 4.78 is 1.52. The first-order valence-electron chi connectivity index (χ1n) is 8.79. The van der Waals surface area contributed by atoms with Crippen molar-refractivity contribution < 1.29 is 45.2 Å². The summed E-state index contributed by atoms with van der Waals surface area (Å²) in [4.78, 5) is 0. The quantitative estimate of drug-likeness (QED) is 0.534. The van der Waals surface area contributed by atoms with Gasteiger partial charge in [0.15, 0.2) is 0 Å². The van der Waals surface area contributed by atoms with Gasteiger partial charge in [0.25, 0.3) is 0 Å². The van der Waals surface area contributed by atoms with Gasteiger partial charge in [0.2, 0.25) is 0 Å². The zero-order chi connectivity index (χ0) is 16.8. The second kappa shape index (κ2) is 8.74. The molecule has 26 heavy (non-hydrogen) atoms. The molecule has 4 heteroatoms. The van der Waals surface area contributed by atoms with Gasteiger partial charge in [-0.05, 0) is 0 Å². The monoisotopic (exact) mass is 476 g/mol. The molecule has 0 spiro atoms. The minimum Gasteiger partial charge on any atom is -1.00 e. The van der Waals surface area contributed by atoms with Crippen molar-refractivity contribution in [1.29, 1.82) is 0 Å². The maximum Gasteiger partial charge on any atom is -1.00 e. The Kier molecular flexibility index (Phi) is 7.36. The van der Waals surface area contributed by atoms with E-state index in [2.05, 4.69) is 87.6 Å². The number of benzene rings is 2. The number of fused-ring (bicyclic) bond motifs is 2. The fraction of sp³-hybridized carbons (Fsp3) is 0.273. The van der Waals surface area contributed by atoms with Crippen molar-refractivity contribution in [3.05, 3.63) is 81.9 Å². The molecule has 0 N–H and O–H groups in total. The third kappa shape index (κ3) is 3.90. The molecular formula is C22H24Cl2SiZr. The van der Waals surface area contributed by atoms with Crippen LogP contribution in [0, 0.1) is 13.8 Å². The molecular weight excluding hydrogens is 454 g/mol. The van der Waals surface area contributed by atoms with Gasteiger partial charge in [-0.2, -0.15) is 0 Å². The predicted molar refractivity (Wildman–Crippen MR) is 103 cm³/mol. The van der Waals surface area contributed by atoms with Crippen molar-refractivity contribution in [2.45, 2.75) is 34.2 Å². The number of halogens is 2.